The number of fused-ring (bicyclic) bond motifs is 3. The molecule has 1 aromatic carbocycles. The third-order valence-electron chi connectivity index (χ3n) is 3.36. The van der Waals surface area contributed by atoms with Crippen LogP contribution in [-0.4, -0.2) is 23.7 Å². The Morgan fingerprint density at radius 1 is 1.44 bits per heavy atom. The van der Waals surface area contributed by atoms with E-state index in [4.69, 9.17) is 14.2 Å². The van der Waals surface area contributed by atoms with Crippen molar-refractivity contribution in [1.29, 1.82) is 0 Å². The number of nitro benzene ring substituents is 1. The van der Waals surface area contributed by atoms with Crippen molar-refractivity contribution in [1.82, 2.24) is 0 Å². The van der Waals surface area contributed by atoms with Gasteiger partial charge in [-0.3, -0.25) is 10.1 Å². The first-order valence-electron chi connectivity index (χ1n) is 5.65. The minimum absolute atomic E-state index is 0.0103. The number of nitro groups is 1. The van der Waals surface area contributed by atoms with Crippen LogP contribution in [0.1, 0.15) is 25.5 Å². The van der Waals surface area contributed by atoms with Gasteiger partial charge in [0, 0.05) is 5.56 Å². The Morgan fingerprint density at radius 3 is 2.78 bits per heavy atom. The first-order valence-corrected chi connectivity index (χ1v) is 5.65. The lowest BCUT2D eigenvalue weighted by atomic mass is 9.94. The van der Waals surface area contributed by atoms with Crippen molar-refractivity contribution in [3.05, 3.63) is 27.8 Å². The van der Waals surface area contributed by atoms with Crippen molar-refractivity contribution >= 4 is 5.69 Å². The molecular formula is C12H13NO5. The number of hydrogen-bond acceptors (Lipinski definition) is 5. The zero-order chi connectivity index (χ0) is 13.1. The van der Waals surface area contributed by atoms with E-state index in [2.05, 4.69) is 0 Å². The second-order valence-electron chi connectivity index (χ2n) is 5.00. The van der Waals surface area contributed by atoms with Crippen LogP contribution in [-0.2, 0) is 4.74 Å². The molecule has 1 saturated heterocycles. The van der Waals surface area contributed by atoms with Gasteiger partial charge in [0.05, 0.1) is 18.1 Å². The molecule has 2 aliphatic rings. The maximum absolute atomic E-state index is 11.0. The lowest BCUT2D eigenvalue weighted by Crippen LogP contribution is -2.37. The van der Waals surface area contributed by atoms with Gasteiger partial charge in [0.15, 0.2) is 5.75 Å². The zero-order valence-corrected chi connectivity index (χ0v) is 10.3. The summed E-state index contributed by atoms with van der Waals surface area (Å²) in [5.41, 5.74) is 0.271. The van der Waals surface area contributed by atoms with E-state index in [-0.39, 0.29) is 23.6 Å². The fraction of sp³-hybridized carbons (Fsp3) is 0.500. The Bertz CT molecular complexity index is 540. The second-order valence-corrected chi connectivity index (χ2v) is 5.00. The third-order valence-corrected chi connectivity index (χ3v) is 3.36. The third kappa shape index (κ3) is 1.45. The van der Waals surface area contributed by atoms with Crippen molar-refractivity contribution in [3.8, 4) is 11.5 Å². The monoisotopic (exact) mass is 251 g/mol. The molecule has 0 unspecified atom stereocenters. The number of benzene rings is 1. The van der Waals surface area contributed by atoms with Crippen LogP contribution in [0, 0.1) is 10.1 Å². The van der Waals surface area contributed by atoms with Gasteiger partial charge in [0.2, 0.25) is 0 Å². The highest BCUT2D eigenvalue weighted by Gasteiger charge is 2.57. The fourth-order valence-corrected chi connectivity index (χ4v) is 2.40. The smallest absolute Gasteiger partial charge is 0.314 e. The normalized spacial score (nSPS) is 26.6. The van der Waals surface area contributed by atoms with E-state index >= 15 is 0 Å². The number of nitrogens with zero attached hydrogens (tertiary/aromatic N) is 1. The fourth-order valence-electron chi connectivity index (χ4n) is 2.40. The van der Waals surface area contributed by atoms with Gasteiger partial charge in [-0.25, -0.2) is 0 Å². The lowest BCUT2D eigenvalue weighted by molar-refractivity contribution is -0.385. The molecule has 1 fully saturated rings. The van der Waals surface area contributed by atoms with Crippen LogP contribution in [0.5, 0.6) is 11.5 Å². The molecule has 0 spiro atoms. The maximum Gasteiger partial charge on any atom is 0.314 e. The molecule has 1 aromatic rings. The van der Waals surface area contributed by atoms with E-state index in [9.17, 15) is 10.1 Å². The highest BCUT2D eigenvalue weighted by atomic mass is 16.6. The zero-order valence-electron chi connectivity index (χ0n) is 10.3. The average Bonchev–Trinajstić information content (AvgIpc) is 3.08. The number of rotatable bonds is 2. The van der Waals surface area contributed by atoms with Crippen LogP contribution in [0.25, 0.3) is 0 Å². The van der Waals surface area contributed by atoms with E-state index in [0.29, 0.717) is 5.75 Å². The summed E-state index contributed by atoms with van der Waals surface area (Å²) in [5.74, 6) is 0.738. The SMILES string of the molecule is COc1cc2c(cc1[N+](=O)[O-])OC(C)(C)[C@@H]1O[C@@H]21. The highest BCUT2D eigenvalue weighted by molar-refractivity contribution is 5.57. The number of hydrogen-bond donors (Lipinski definition) is 0. The minimum atomic E-state index is -0.477. The Balaban J connectivity index is 2.12. The van der Waals surface area contributed by atoms with Crippen LogP contribution in [0.15, 0.2) is 12.1 Å². The molecule has 0 aliphatic carbocycles. The van der Waals surface area contributed by atoms with Crippen LogP contribution >= 0.6 is 0 Å². The van der Waals surface area contributed by atoms with Crippen molar-refractivity contribution < 1.29 is 19.1 Å². The summed E-state index contributed by atoms with van der Waals surface area (Å²) in [4.78, 5) is 10.5. The minimum Gasteiger partial charge on any atom is -0.490 e. The van der Waals surface area contributed by atoms with Gasteiger partial charge in [0.1, 0.15) is 23.6 Å². The Morgan fingerprint density at radius 2 is 2.17 bits per heavy atom. The molecule has 3 rings (SSSR count). The predicted octanol–water partition coefficient (Wildman–Crippen LogP) is 2.21. The van der Waals surface area contributed by atoms with Crippen molar-refractivity contribution in [2.45, 2.75) is 31.7 Å². The number of ether oxygens (including phenoxy) is 3. The summed E-state index contributed by atoms with van der Waals surface area (Å²) in [6.07, 6.45) is -0.0328. The van der Waals surface area contributed by atoms with Gasteiger partial charge < -0.3 is 14.2 Å². The highest BCUT2D eigenvalue weighted by Crippen LogP contribution is 2.55. The number of epoxide rings is 1. The van der Waals surface area contributed by atoms with Gasteiger partial charge in [-0.15, -0.1) is 0 Å². The topological polar surface area (TPSA) is 74.1 Å². The van der Waals surface area contributed by atoms with Gasteiger partial charge in [-0.2, -0.15) is 0 Å². The Hall–Kier alpha value is -1.82. The summed E-state index contributed by atoms with van der Waals surface area (Å²) in [6, 6.07) is 3.04. The summed E-state index contributed by atoms with van der Waals surface area (Å²) >= 11 is 0. The van der Waals surface area contributed by atoms with Gasteiger partial charge in [0.25, 0.3) is 0 Å². The van der Waals surface area contributed by atoms with Crippen LogP contribution in [0.3, 0.4) is 0 Å². The van der Waals surface area contributed by atoms with Gasteiger partial charge in [-0.05, 0) is 19.9 Å². The standard InChI is InChI=1S/C12H13NO5/c1-12(2)11-10(17-11)6-4-9(16-3)7(13(14)15)5-8(6)18-12/h4-5,10-11H,1-3H3/t10-,11+/m0/s1. The van der Waals surface area contributed by atoms with E-state index in [0.717, 1.165) is 5.56 Å². The summed E-state index contributed by atoms with van der Waals surface area (Å²) in [6.45, 7) is 3.83. The molecule has 0 radical (unpaired) electrons. The second kappa shape index (κ2) is 3.35. The summed E-state index contributed by atoms with van der Waals surface area (Å²) < 4.78 is 16.4. The molecule has 0 amide bonds. The maximum atomic E-state index is 11.0. The van der Waals surface area contributed by atoms with E-state index in [1.165, 1.54) is 13.2 Å². The molecule has 0 bridgehead atoms. The van der Waals surface area contributed by atoms with Crippen LogP contribution < -0.4 is 9.47 Å². The Labute approximate surface area is 104 Å². The molecule has 18 heavy (non-hydrogen) atoms. The van der Waals surface area contributed by atoms with Gasteiger partial charge in [-0.1, -0.05) is 0 Å². The van der Waals surface area contributed by atoms with Crippen molar-refractivity contribution in [3.63, 3.8) is 0 Å². The molecule has 6 nitrogen and oxygen atoms in total. The first-order chi connectivity index (χ1) is 8.44. The molecular weight excluding hydrogens is 238 g/mol. The average molecular weight is 251 g/mol. The summed E-state index contributed by atoms with van der Waals surface area (Å²) in [7, 11) is 1.41. The Kier molecular flexibility index (Phi) is 2.10. The molecule has 2 aliphatic heterocycles. The van der Waals surface area contributed by atoms with E-state index < -0.39 is 10.5 Å². The van der Waals surface area contributed by atoms with Crippen molar-refractivity contribution in [2.24, 2.45) is 0 Å². The first kappa shape index (κ1) is 11.3. The molecule has 6 heteroatoms. The molecule has 0 saturated carbocycles. The van der Waals surface area contributed by atoms with Gasteiger partial charge >= 0.3 is 5.69 Å². The molecule has 0 N–H and O–H groups in total. The van der Waals surface area contributed by atoms with Crippen molar-refractivity contribution in [2.75, 3.05) is 7.11 Å². The van der Waals surface area contributed by atoms with Crippen LogP contribution in [0.2, 0.25) is 0 Å². The molecule has 2 atom stereocenters. The van der Waals surface area contributed by atoms with E-state index in [1.807, 2.05) is 13.8 Å². The van der Waals surface area contributed by atoms with Crippen LogP contribution in [0.4, 0.5) is 5.69 Å². The summed E-state index contributed by atoms with van der Waals surface area (Å²) in [5, 5.41) is 11.0. The predicted molar refractivity (Wildman–Crippen MR) is 62.0 cm³/mol. The number of methoxy groups -OCH3 is 1. The molecule has 96 valence electrons. The largest absolute Gasteiger partial charge is 0.490 e. The molecule has 0 aromatic heterocycles. The lowest BCUT2D eigenvalue weighted by Gasteiger charge is -2.29. The molecule has 2 heterocycles. The quantitative estimate of drug-likeness (QED) is 0.457. The van der Waals surface area contributed by atoms with E-state index in [1.54, 1.807) is 6.07 Å².